The second-order valence-electron chi connectivity index (χ2n) is 2.74. The molecule has 0 spiro atoms. The molecule has 0 saturated heterocycles. The molecule has 1 aromatic carbocycles. The molecule has 0 aliphatic rings. The first kappa shape index (κ1) is 13.1. The van der Waals surface area contributed by atoms with Crippen LogP contribution in [0.4, 0.5) is 18.9 Å². The number of rotatable bonds is 2. The second-order valence-corrected chi connectivity index (χ2v) is 5.08. The van der Waals surface area contributed by atoms with Crippen molar-refractivity contribution in [2.24, 2.45) is 5.84 Å². The normalized spacial score (nSPS) is 12.6. The number of hydrogen-bond acceptors (Lipinski definition) is 4. The van der Waals surface area contributed by atoms with Gasteiger partial charge in [0.15, 0.2) is 0 Å². The van der Waals surface area contributed by atoms with Crippen molar-refractivity contribution < 1.29 is 21.6 Å². The van der Waals surface area contributed by atoms with Gasteiger partial charge in [0, 0.05) is 0 Å². The van der Waals surface area contributed by atoms with Gasteiger partial charge in [-0.15, -0.1) is 0 Å². The highest BCUT2D eigenvalue weighted by Gasteiger charge is 2.46. The highest BCUT2D eigenvalue weighted by molar-refractivity contribution is 7.92. The van der Waals surface area contributed by atoms with E-state index in [9.17, 15) is 21.6 Å². The van der Waals surface area contributed by atoms with Gasteiger partial charge >= 0.3 is 5.51 Å². The molecule has 0 saturated carbocycles. The molecule has 0 amide bonds. The average Bonchev–Trinajstić information content (AvgIpc) is 2.15. The van der Waals surface area contributed by atoms with Gasteiger partial charge in [-0.3, -0.25) is 5.84 Å². The van der Waals surface area contributed by atoms with Gasteiger partial charge in [0.1, 0.15) is 0 Å². The number of nitrogen functional groups attached to an aromatic ring is 1. The van der Waals surface area contributed by atoms with E-state index < -0.39 is 20.2 Å². The van der Waals surface area contributed by atoms with E-state index in [4.69, 9.17) is 17.4 Å². The zero-order chi connectivity index (χ0) is 12.6. The predicted molar refractivity (Wildman–Crippen MR) is 52.5 cm³/mol. The van der Waals surface area contributed by atoms with Crippen LogP contribution in [0.25, 0.3) is 0 Å². The third-order valence-corrected chi connectivity index (χ3v) is 3.51. The second kappa shape index (κ2) is 4.11. The minimum Gasteiger partial charge on any atom is -0.323 e. The Morgan fingerprint density at radius 2 is 1.88 bits per heavy atom. The van der Waals surface area contributed by atoms with E-state index in [-0.39, 0.29) is 10.7 Å². The van der Waals surface area contributed by atoms with E-state index in [2.05, 4.69) is 5.43 Å². The van der Waals surface area contributed by atoms with Gasteiger partial charge in [-0.1, -0.05) is 11.6 Å². The lowest BCUT2D eigenvalue weighted by molar-refractivity contribution is -0.0435. The minimum absolute atomic E-state index is 0.128. The number of anilines is 1. The lowest BCUT2D eigenvalue weighted by Crippen LogP contribution is -2.23. The highest BCUT2D eigenvalue weighted by atomic mass is 35.5. The number of benzene rings is 1. The molecule has 0 aromatic heterocycles. The molecule has 0 fully saturated rings. The van der Waals surface area contributed by atoms with Crippen molar-refractivity contribution >= 4 is 27.1 Å². The quantitative estimate of drug-likeness (QED) is 0.638. The maximum absolute atomic E-state index is 12.2. The molecule has 1 aromatic rings. The van der Waals surface area contributed by atoms with Crippen LogP contribution in [-0.4, -0.2) is 13.9 Å². The molecule has 16 heavy (non-hydrogen) atoms. The minimum atomic E-state index is -5.38. The molecule has 3 N–H and O–H groups in total. The summed E-state index contributed by atoms with van der Waals surface area (Å²) in [6, 6.07) is 2.49. The molecule has 0 atom stereocenters. The van der Waals surface area contributed by atoms with Gasteiger partial charge in [0.25, 0.3) is 9.84 Å². The topological polar surface area (TPSA) is 72.2 Å². The molecule has 90 valence electrons. The maximum Gasteiger partial charge on any atom is 0.501 e. The molecule has 0 bridgehead atoms. The Balaban J connectivity index is 3.32. The summed E-state index contributed by atoms with van der Waals surface area (Å²) >= 11 is 5.51. The maximum atomic E-state index is 12.2. The predicted octanol–water partition coefficient (Wildman–Crippen LogP) is 1.92. The summed E-state index contributed by atoms with van der Waals surface area (Å²) in [6.07, 6.45) is 0. The Kier molecular flexibility index (Phi) is 3.36. The zero-order valence-electron chi connectivity index (χ0n) is 7.55. The molecular weight excluding hydrogens is 269 g/mol. The van der Waals surface area contributed by atoms with Crippen molar-refractivity contribution in [1.29, 1.82) is 0 Å². The van der Waals surface area contributed by atoms with E-state index in [1.165, 1.54) is 0 Å². The lowest BCUT2D eigenvalue weighted by Gasteiger charge is -2.09. The molecule has 4 nitrogen and oxygen atoms in total. The summed E-state index contributed by atoms with van der Waals surface area (Å²) in [6.45, 7) is 0. The smallest absolute Gasteiger partial charge is 0.323 e. The van der Waals surface area contributed by atoms with Crippen LogP contribution in [0.2, 0.25) is 5.02 Å². The Morgan fingerprint density at radius 1 is 1.31 bits per heavy atom. The molecule has 1 rings (SSSR count). The van der Waals surface area contributed by atoms with Crippen molar-refractivity contribution in [3.63, 3.8) is 0 Å². The molecule has 0 aliphatic carbocycles. The number of nitrogens with one attached hydrogen (secondary N) is 1. The van der Waals surface area contributed by atoms with Gasteiger partial charge in [0.05, 0.1) is 15.6 Å². The van der Waals surface area contributed by atoms with E-state index in [1.54, 1.807) is 0 Å². The third-order valence-electron chi connectivity index (χ3n) is 1.71. The van der Waals surface area contributed by atoms with Crippen molar-refractivity contribution in [2.75, 3.05) is 5.43 Å². The largest absolute Gasteiger partial charge is 0.501 e. The number of hydrazine groups is 1. The first-order valence-electron chi connectivity index (χ1n) is 3.77. The van der Waals surface area contributed by atoms with Crippen molar-refractivity contribution in [1.82, 2.24) is 0 Å². The van der Waals surface area contributed by atoms with Crippen LogP contribution in [0, 0.1) is 0 Å². The summed E-state index contributed by atoms with van der Waals surface area (Å²) in [7, 11) is -5.38. The van der Waals surface area contributed by atoms with Crippen LogP contribution >= 0.6 is 11.6 Å². The number of hydrogen-bond donors (Lipinski definition) is 2. The summed E-state index contributed by atoms with van der Waals surface area (Å²) in [4.78, 5) is -0.927. The summed E-state index contributed by atoms with van der Waals surface area (Å²) < 4.78 is 58.4. The van der Waals surface area contributed by atoms with E-state index >= 15 is 0 Å². The van der Waals surface area contributed by atoms with Crippen LogP contribution in [0.15, 0.2) is 23.1 Å². The summed E-state index contributed by atoms with van der Waals surface area (Å²) in [5.74, 6) is 4.99. The fraction of sp³-hybridized carbons (Fsp3) is 0.143. The fourth-order valence-corrected chi connectivity index (χ4v) is 2.00. The van der Waals surface area contributed by atoms with Crippen LogP contribution < -0.4 is 11.3 Å². The Bertz CT molecular complexity index is 501. The third kappa shape index (κ3) is 2.23. The van der Waals surface area contributed by atoms with Crippen molar-refractivity contribution in [3.05, 3.63) is 23.2 Å². The molecule has 0 radical (unpaired) electrons. The monoisotopic (exact) mass is 274 g/mol. The van der Waals surface area contributed by atoms with E-state index in [1.807, 2.05) is 0 Å². The molecule has 0 unspecified atom stereocenters. The Hall–Kier alpha value is -0.990. The van der Waals surface area contributed by atoms with Gasteiger partial charge in [-0.2, -0.15) is 13.2 Å². The number of alkyl halides is 3. The fourth-order valence-electron chi connectivity index (χ4n) is 0.914. The van der Waals surface area contributed by atoms with E-state index in [0.717, 1.165) is 12.1 Å². The lowest BCUT2D eigenvalue weighted by atomic mass is 10.3. The van der Waals surface area contributed by atoms with Crippen LogP contribution in [0.1, 0.15) is 0 Å². The summed E-state index contributed by atoms with van der Waals surface area (Å²) in [5, 5.41) is -0.215. The molecule has 9 heteroatoms. The standard InChI is InChI=1S/C7H6ClF3N2O2S/c8-5-3-4(1-2-6(5)13-12)16(14,15)7(9,10)11/h1-3,13H,12H2. The number of nitrogens with two attached hydrogens (primary N) is 1. The summed E-state index contributed by atoms with van der Waals surface area (Å²) in [5.41, 5.74) is -3.12. The molecule has 0 aliphatic heterocycles. The number of halogens is 4. The SMILES string of the molecule is NNc1ccc(S(=O)(=O)C(F)(F)F)cc1Cl. The van der Waals surface area contributed by atoms with Crippen LogP contribution in [-0.2, 0) is 9.84 Å². The van der Waals surface area contributed by atoms with Crippen LogP contribution in [0.3, 0.4) is 0 Å². The zero-order valence-corrected chi connectivity index (χ0v) is 9.12. The molecule has 0 heterocycles. The first-order valence-corrected chi connectivity index (χ1v) is 5.64. The van der Waals surface area contributed by atoms with Crippen LogP contribution in [0.5, 0.6) is 0 Å². The van der Waals surface area contributed by atoms with Crippen molar-refractivity contribution in [2.45, 2.75) is 10.4 Å². The Morgan fingerprint density at radius 3 is 2.25 bits per heavy atom. The van der Waals surface area contributed by atoms with Gasteiger partial charge in [-0.25, -0.2) is 8.42 Å². The van der Waals surface area contributed by atoms with Gasteiger partial charge < -0.3 is 5.43 Å². The highest BCUT2D eigenvalue weighted by Crippen LogP contribution is 2.33. The van der Waals surface area contributed by atoms with E-state index in [0.29, 0.717) is 6.07 Å². The molecular formula is C7H6ClF3N2O2S. The van der Waals surface area contributed by atoms with Crippen molar-refractivity contribution in [3.8, 4) is 0 Å². The first-order chi connectivity index (χ1) is 7.20. The average molecular weight is 275 g/mol. The Labute approximate surface area is 94.1 Å². The van der Waals surface area contributed by atoms with Gasteiger partial charge in [-0.05, 0) is 18.2 Å². The number of sulfone groups is 1. The van der Waals surface area contributed by atoms with Gasteiger partial charge in [0.2, 0.25) is 0 Å².